The van der Waals surface area contributed by atoms with E-state index in [9.17, 15) is 42.4 Å². The second-order valence-electron chi connectivity index (χ2n) is 15.6. The van der Waals surface area contributed by atoms with Gasteiger partial charge in [0.1, 0.15) is 23.6 Å². The molecule has 6 rings (SSSR count). The van der Waals surface area contributed by atoms with E-state index in [2.05, 4.69) is 11.9 Å². The summed E-state index contributed by atoms with van der Waals surface area (Å²) in [7, 11) is -4.16. The number of fused-ring (bicyclic) bond motifs is 2. The van der Waals surface area contributed by atoms with Gasteiger partial charge in [0, 0.05) is 70.0 Å². The molecule has 1 saturated carbocycles. The number of aliphatic imine (C=N–C) groups is 1. The van der Waals surface area contributed by atoms with Gasteiger partial charge in [0.2, 0.25) is 10.0 Å². The fourth-order valence-corrected chi connectivity index (χ4v) is 8.93. The van der Waals surface area contributed by atoms with Crippen molar-refractivity contribution in [1.29, 1.82) is 0 Å². The van der Waals surface area contributed by atoms with Crippen LogP contribution in [0.1, 0.15) is 112 Å². The van der Waals surface area contributed by atoms with Gasteiger partial charge in [0.25, 0.3) is 18.0 Å². The summed E-state index contributed by atoms with van der Waals surface area (Å²) in [6.07, 6.45) is 2.11. The number of carbonyl (C=O) groups excluding carboxylic acids is 5. The molecule has 3 aliphatic heterocycles. The largest absolute Gasteiger partial charge is 0.530 e. The molecule has 0 bridgehead atoms. The van der Waals surface area contributed by atoms with Crippen LogP contribution in [-0.4, -0.2) is 95.1 Å². The molecular formula is C37H45FN6O10S. The first-order valence-corrected chi connectivity index (χ1v) is 20.0. The Balaban J connectivity index is 1.37. The van der Waals surface area contributed by atoms with Gasteiger partial charge >= 0.3 is 6.09 Å². The number of benzene rings is 1. The van der Waals surface area contributed by atoms with E-state index >= 15 is 4.39 Å². The van der Waals surface area contributed by atoms with Crippen LogP contribution < -0.4 is 15.1 Å². The quantitative estimate of drug-likeness (QED) is 0.303. The van der Waals surface area contributed by atoms with Gasteiger partial charge in [-0.15, -0.1) is 0 Å². The van der Waals surface area contributed by atoms with E-state index in [-0.39, 0.29) is 47.2 Å². The van der Waals surface area contributed by atoms with E-state index in [4.69, 9.17) is 9.73 Å². The molecule has 5 atom stereocenters. The van der Waals surface area contributed by atoms with Crippen molar-refractivity contribution in [3.05, 3.63) is 63.5 Å². The lowest BCUT2D eigenvalue weighted by Gasteiger charge is -2.32. The maximum absolute atomic E-state index is 16.9. The van der Waals surface area contributed by atoms with Gasteiger partial charge in [-0.05, 0) is 77.5 Å². The molecule has 1 saturated heterocycles. The molecule has 18 heteroatoms. The molecule has 2 N–H and O–H groups in total. The standard InChI is InChI=1S/C37H45FN6O10S/c1-5-28(45)21-9-8-20-17-26(20)39-19-22-7-6-15-42(22)27(14-16-43(51)29(18-21)40-35(48)54-37(2,3)4)24-12-13-25-30(31(24)38)34(47)44(36(49)50)32(25)33(46)41-55(52,53)23-10-11-23/h5,12-13,19,21-23,27,29,32H,1,6-11,14-18H2,2-4H3,(H2-,40,41,46,48,49,50)/b39-19-/t21?,22-,27+,29-,32+/m0/s1. The summed E-state index contributed by atoms with van der Waals surface area (Å²) < 4.78 is 49.9. The van der Waals surface area contributed by atoms with E-state index in [1.165, 1.54) is 18.2 Å². The second kappa shape index (κ2) is 15.4. The lowest BCUT2D eigenvalue weighted by molar-refractivity contribution is -0.593. The van der Waals surface area contributed by atoms with Crippen LogP contribution in [0.15, 0.2) is 41.1 Å². The molecule has 2 aliphatic carbocycles. The number of carboxylic acid groups (broad SMARTS) is 1. The first-order valence-electron chi connectivity index (χ1n) is 18.4. The Morgan fingerprint density at radius 1 is 1.11 bits per heavy atom. The summed E-state index contributed by atoms with van der Waals surface area (Å²) in [5.41, 5.74) is -0.131. The highest BCUT2D eigenvalue weighted by molar-refractivity contribution is 7.90. The maximum Gasteiger partial charge on any atom is 0.412 e. The Bertz CT molecular complexity index is 2010. The minimum Gasteiger partial charge on any atom is -0.530 e. The summed E-state index contributed by atoms with van der Waals surface area (Å²) in [5, 5.41) is 14.0. The molecular weight excluding hydrogens is 740 g/mol. The number of sulfonamides is 1. The van der Waals surface area contributed by atoms with Crippen molar-refractivity contribution in [3.63, 3.8) is 0 Å². The highest BCUT2D eigenvalue weighted by atomic mass is 32.2. The van der Waals surface area contributed by atoms with Crippen LogP contribution in [0.4, 0.5) is 14.0 Å². The zero-order valence-electron chi connectivity index (χ0n) is 30.9. The average molecular weight is 785 g/mol. The topological polar surface area (TPSA) is 215 Å². The van der Waals surface area contributed by atoms with Gasteiger partial charge in [-0.1, -0.05) is 18.7 Å². The monoisotopic (exact) mass is 784 g/mol. The third-order valence-electron chi connectivity index (χ3n) is 10.6. The van der Waals surface area contributed by atoms with Crippen molar-refractivity contribution in [3.8, 4) is 0 Å². The van der Waals surface area contributed by atoms with Gasteiger partial charge in [-0.2, -0.15) is 0 Å². The molecule has 1 unspecified atom stereocenters. The number of ketones is 1. The van der Waals surface area contributed by atoms with Crippen LogP contribution in [0.2, 0.25) is 0 Å². The highest BCUT2D eigenvalue weighted by Crippen LogP contribution is 2.42. The number of imide groups is 1. The number of amides is 4. The molecule has 1 aromatic rings. The number of rotatable bonds is 7. The predicted octanol–water partition coefficient (Wildman–Crippen LogP) is 3.08. The van der Waals surface area contributed by atoms with E-state index in [1.807, 2.05) is 9.62 Å². The smallest absolute Gasteiger partial charge is 0.412 e. The van der Waals surface area contributed by atoms with Crippen molar-refractivity contribution in [2.24, 2.45) is 10.9 Å². The number of allylic oxidation sites excluding steroid dienone is 3. The number of halogens is 1. The van der Waals surface area contributed by atoms with Gasteiger partial charge in [-0.3, -0.25) is 39.2 Å². The number of carbonyl (C=O) groups is 5. The molecule has 16 nitrogen and oxygen atoms in total. The fraction of sp³-hybridized carbons (Fsp3) is 0.568. The van der Waals surface area contributed by atoms with Crippen LogP contribution in [0.5, 0.6) is 0 Å². The summed E-state index contributed by atoms with van der Waals surface area (Å²) in [5.74, 6) is -4.84. The van der Waals surface area contributed by atoms with Gasteiger partial charge in [0.05, 0.1) is 10.8 Å². The van der Waals surface area contributed by atoms with Crippen LogP contribution in [-0.2, 0) is 24.3 Å². The first kappa shape index (κ1) is 39.8. The molecule has 55 heavy (non-hydrogen) atoms. The molecule has 4 amide bonds. The van der Waals surface area contributed by atoms with E-state index in [1.54, 1.807) is 27.0 Å². The van der Waals surface area contributed by atoms with Crippen LogP contribution in [0.25, 0.3) is 0 Å². The first-order chi connectivity index (χ1) is 25.9. The van der Waals surface area contributed by atoms with Gasteiger partial charge in [-0.25, -0.2) is 17.6 Å². The van der Waals surface area contributed by atoms with Gasteiger partial charge in [0.15, 0.2) is 12.3 Å². The van der Waals surface area contributed by atoms with Crippen LogP contribution in [0.3, 0.4) is 0 Å². The van der Waals surface area contributed by atoms with E-state index in [0.717, 1.165) is 11.3 Å². The number of alkyl carbamates (subject to hydrolysis) is 1. The Morgan fingerprint density at radius 2 is 1.82 bits per heavy atom. The summed E-state index contributed by atoms with van der Waals surface area (Å²) in [6, 6.07) is -0.727. The third kappa shape index (κ3) is 8.69. The SMILES string of the molecule is C=CC(=O)C1CCC2=C(C2)/N=C\[C@@H]2CCCN2[C@@H](c2ccc3c(c2F)C(=O)N(C(=O)[O-])[C@H]3C(=O)NS(=O)(=O)C2CC2)CC[N+](=O)[C@H](NC(=O)OC(C)(C)C)C1. The zero-order valence-corrected chi connectivity index (χ0v) is 31.7. The molecule has 1 aromatic carbocycles. The normalized spacial score (nSPS) is 26.8. The lowest BCUT2D eigenvalue weighted by Crippen LogP contribution is -2.49. The average Bonchev–Trinajstić information content (AvgIpc) is 4.02. The lowest BCUT2D eigenvalue weighted by atomic mass is 9.92. The number of hydrogen-bond acceptors (Lipinski definition) is 12. The molecule has 296 valence electrons. The van der Waals surface area contributed by atoms with Crippen molar-refractivity contribution in [2.75, 3.05) is 13.1 Å². The van der Waals surface area contributed by atoms with Crippen molar-refractivity contribution >= 4 is 46.0 Å². The Labute approximate surface area is 317 Å². The van der Waals surface area contributed by atoms with Crippen LogP contribution in [0, 0.1) is 16.6 Å². The number of ether oxygens (including phenoxy) is 1. The van der Waals surface area contributed by atoms with Crippen LogP contribution >= 0.6 is 0 Å². The Morgan fingerprint density at radius 3 is 2.47 bits per heavy atom. The predicted molar refractivity (Wildman–Crippen MR) is 192 cm³/mol. The summed E-state index contributed by atoms with van der Waals surface area (Å²) >= 11 is 0. The van der Waals surface area contributed by atoms with Crippen molar-refractivity contribution in [2.45, 2.75) is 114 Å². The second-order valence-corrected chi connectivity index (χ2v) is 17.6. The maximum atomic E-state index is 16.9. The molecule has 0 aromatic heterocycles. The third-order valence-corrected chi connectivity index (χ3v) is 12.4. The fourth-order valence-electron chi connectivity index (χ4n) is 7.61. The molecule has 0 radical (unpaired) electrons. The summed E-state index contributed by atoms with van der Waals surface area (Å²) in [6.45, 7) is 8.75. The summed E-state index contributed by atoms with van der Waals surface area (Å²) in [4.78, 5) is 85.6. The highest BCUT2D eigenvalue weighted by Gasteiger charge is 2.48. The number of nitrogens with zero attached hydrogens (tertiary/aromatic N) is 4. The zero-order chi connectivity index (χ0) is 40.0. The Kier molecular flexibility index (Phi) is 11.1. The van der Waals surface area contributed by atoms with E-state index < -0.39 is 80.4 Å². The minimum absolute atomic E-state index is 0.00524. The molecule has 0 spiro atoms. The number of hydrogen-bond donors (Lipinski definition) is 2. The molecule has 5 aliphatic rings. The van der Waals surface area contributed by atoms with E-state index in [0.29, 0.717) is 56.3 Å². The minimum atomic E-state index is -4.16. The molecule has 3 heterocycles. The number of nitrogens with one attached hydrogen (secondary N) is 2. The van der Waals surface area contributed by atoms with Crippen molar-refractivity contribution < 1.29 is 51.4 Å². The van der Waals surface area contributed by atoms with Gasteiger partial charge < -0.3 is 14.6 Å². The van der Waals surface area contributed by atoms with Crippen molar-refractivity contribution in [1.82, 2.24) is 19.8 Å². The Hall–Kier alpha value is -4.84. The molecule has 2 fully saturated rings. The number of nitroso groups, excluding NO2 is 1.